The maximum absolute atomic E-state index is 12.4. The van der Waals surface area contributed by atoms with E-state index in [1.165, 1.54) is 6.92 Å². The van der Waals surface area contributed by atoms with Crippen LogP contribution in [-0.2, 0) is 20.8 Å². The normalized spacial score (nSPS) is 14.9. The Morgan fingerprint density at radius 1 is 1.25 bits per heavy atom. The van der Waals surface area contributed by atoms with Gasteiger partial charge in [-0.15, -0.1) is 0 Å². The van der Waals surface area contributed by atoms with E-state index >= 15 is 0 Å². The number of hydrogen-bond acceptors (Lipinski definition) is 2. The van der Waals surface area contributed by atoms with Crippen LogP contribution in [0.2, 0.25) is 0 Å². The van der Waals surface area contributed by atoms with Crippen LogP contribution in [0.5, 0.6) is 0 Å². The molecule has 0 aromatic heterocycles. The van der Waals surface area contributed by atoms with Crippen LogP contribution in [0.15, 0.2) is 35.3 Å². The van der Waals surface area contributed by atoms with E-state index in [0.29, 0.717) is 5.69 Å². The molecule has 1 atom stereocenters. The first-order chi connectivity index (χ1) is 9.14. The molecule has 0 heterocycles. The molecule has 0 saturated carbocycles. The predicted molar refractivity (Wildman–Crippen MR) is 72.2 cm³/mol. The molecule has 1 N–H and O–H groups in total. The second-order valence-corrected chi connectivity index (χ2v) is 7.93. The standard InChI is InChI=1S/C12H14F3NO.2ClH.Zr/c1-9(8-11(2,17)12(13,14)15)16-10-6-4-3-5-7-10;;;/h3-7,17H,8H2,1-2H3;2*1H;/q;;;+2/p-2. The molecule has 1 rings (SSSR count). The molecule has 0 aliphatic heterocycles. The average molecular weight is 407 g/mol. The van der Waals surface area contributed by atoms with Gasteiger partial charge in [0.2, 0.25) is 0 Å². The number of aliphatic imine (C=N–C) groups is 1. The van der Waals surface area contributed by atoms with Crippen LogP contribution in [0.25, 0.3) is 0 Å². The van der Waals surface area contributed by atoms with Crippen LogP contribution in [0.1, 0.15) is 20.3 Å². The maximum atomic E-state index is 12.4. The van der Waals surface area contributed by atoms with E-state index in [0.717, 1.165) is 6.92 Å². The summed E-state index contributed by atoms with van der Waals surface area (Å²) in [7, 11) is 9.87. The van der Waals surface area contributed by atoms with Crippen molar-refractivity contribution in [3.05, 3.63) is 30.3 Å². The van der Waals surface area contributed by atoms with Crippen molar-refractivity contribution in [1.82, 2.24) is 0 Å². The van der Waals surface area contributed by atoms with Gasteiger partial charge in [-0.05, 0) is 26.0 Å². The fraction of sp³-hybridized carbons (Fsp3) is 0.417. The van der Waals surface area contributed by atoms with E-state index in [9.17, 15) is 18.3 Å². The minimum absolute atomic E-state index is 0.235. The molecular formula is C12H14Cl2F3NOZr. The van der Waals surface area contributed by atoms with Crippen molar-refractivity contribution in [2.45, 2.75) is 32.0 Å². The topological polar surface area (TPSA) is 32.6 Å². The van der Waals surface area contributed by atoms with Crippen LogP contribution >= 0.6 is 17.0 Å². The Kier molecular flexibility index (Phi) is 9.24. The van der Waals surface area contributed by atoms with Gasteiger partial charge in [-0.25, -0.2) is 0 Å². The van der Waals surface area contributed by atoms with Gasteiger partial charge in [0.1, 0.15) is 0 Å². The number of benzene rings is 1. The number of nitrogens with zero attached hydrogens (tertiary/aromatic N) is 1. The number of alkyl halides is 3. The first kappa shape index (κ1) is 20.1. The summed E-state index contributed by atoms with van der Waals surface area (Å²) in [5.74, 6) is 0. The van der Waals surface area contributed by atoms with Crippen LogP contribution in [0.4, 0.5) is 18.9 Å². The number of aliphatic hydroxyl groups is 1. The quantitative estimate of drug-likeness (QED) is 0.714. The molecule has 1 unspecified atom stereocenters. The molecule has 0 aliphatic rings. The summed E-state index contributed by atoms with van der Waals surface area (Å²) >= 11 is -0.826. The predicted octanol–water partition coefficient (Wildman–Crippen LogP) is 4.86. The van der Waals surface area contributed by atoms with E-state index in [2.05, 4.69) is 4.99 Å². The number of hydrogen-bond donors (Lipinski definition) is 1. The average Bonchev–Trinajstić information content (AvgIpc) is 2.28. The SMILES string of the molecule is CC(CC(C)(O)C(F)(F)F)=Nc1ccccc1.[Cl][Zr][Cl]. The van der Waals surface area contributed by atoms with Crippen molar-refractivity contribution in [3.63, 3.8) is 0 Å². The Balaban J connectivity index is 0.00000110. The summed E-state index contributed by atoms with van der Waals surface area (Å²) in [5, 5.41) is 9.29. The molecule has 0 fully saturated rings. The van der Waals surface area contributed by atoms with Crippen molar-refractivity contribution in [3.8, 4) is 0 Å². The molecule has 8 heteroatoms. The molecule has 2 nitrogen and oxygen atoms in total. The first-order valence-corrected chi connectivity index (χ1v) is 11.8. The van der Waals surface area contributed by atoms with Gasteiger partial charge in [0, 0.05) is 12.1 Å². The van der Waals surface area contributed by atoms with E-state index < -0.39 is 39.0 Å². The van der Waals surface area contributed by atoms with Gasteiger partial charge in [-0.2, -0.15) is 13.2 Å². The van der Waals surface area contributed by atoms with Crippen LogP contribution in [0.3, 0.4) is 0 Å². The molecule has 0 saturated heterocycles. The Hall–Kier alpha value is 0.103. The molecule has 1 aromatic rings. The Morgan fingerprint density at radius 3 is 2.10 bits per heavy atom. The van der Waals surface area contributed by atoms with Gasteiger partial charge >= 0.3 is 44.1 Å². The minimum atomic E-state index is -4.65. The first-order valence-electron chi connectivity index (χ1n) is 5.48. The summed E-state index contributed by atoms with van der Waals surface area (Å²) in [6.07, 6.45) is -5.19. The van der Waals surface area contributed by atoms with Crippen molar-refractivity contribution in [2.24, 2.45) is 4.99 Å². The third-order valence-corrected chi connectivity index (χ3v) is 2.29. The Bertz CT molecular complexity index is 424. The van der Waals surface area contributed by atoms with Crippen molar-refractivity contribution in [1.29, 1.82) is 0 Å². The van der Waals surface area contributed by atoms with E-state index in [1.807, 2.05) is 0 Å². The molecule has 20 heavy (non-hydrogen) atoms. The second-order valence-electron chi connectivity index (χ2n) is 4.20. The van der Waals surface area contributed by atoms with Gasteiger partial charge in [0.15, 0.2) is 5.60 Å². The fourth-order valence-electron chi connectivity index (χ4n) is 1.36. The van der Waals surface area contributed by atoms with Gasteiger partial charge < -0.3 is 5.11 Å². The van der Waals surface area contributed by atoms with Gasteiger partial charge in [-0.1, -0.05) is 18.2 Å². The summed E-state index contributed by atoms with van der Waals surface area (Å²) in [6.45, 7) is 2.21. The van der Waals surface area contributed by atoms with Crippen LogP contribution in [-0.4, -0.2) is 22.6 Å². The Labute approximate surface area is 134 Å². The number of para-hydroxylation sites is 1. The van der Waals surface area contributed by atoms with Crippen molar-refractivity contribution < 1.29 is 39.1 Å². The zero-order chi connectivity index (χ0) is 15.8. The summed E-state index contributed by atoms with van der Waals surface area (Å²) in [6, 6.07) is 8.65. The Morgan fingerprint density at radius 2 is 1.70 bits per heavy atom. The zero-order valence-corrected chi connectivity index (χ0v) is 14.8. The van der Waals surface area contributed by atoms with Gasteiger partial charge in [0.25, 0.3) is 0 Å². The fourth-order valence-corrected chi connectivity index (χ4v) is 1.36. The summed E-state index contributed by atoms with van der Waals surface area (Å²) < 4.78 is 37.3. The zero-order valence-electron chi connectivity index (χ0n) is 10.9. The van der Waals surface area contributed by atoms with E-state index in [-0.39, 0.29) is 5.71 Å². The van der Waals surface area contributed by atoms with Crippen LogP contribution in [0, 0.1) is 0 Å². The molecular weight excluding hydrogens is 393 g/mol. The summed E-state index contributed by atoms with van der Waals surface area (Å²) in [4.78, 5) is 4.01. The molecule has 0 bridgehead atoms. The molecule has 1 aromatic carbocycles. The van der Waals surface area contributed by atoms with Gasteiger partial charge in [-0.3, -0.25) is 4.99 Å². The summed E-state index contributed by atoms with van der Waals surface area (Å²) in [5.41, 5.74) is -1.93. The third kappa shape index (κ3) is 7.77. The molecule has 0 amide bonds. The third-order valence-electron chi connectivity index (χ3n) is 2.29. The second kappa shape index (κ2) is 9.19. The van der Waals surface area contributed by atoms with Gasteiger partial charge in [0.05, 0.1) is 5.69 Å². The number of halogens is 5. The molecule has 112 valence electrons. The van der Waals surface area contributed by atoms with E-state index in [4.69, 9.17) is 17.0 Å². The van der Waals surface area contributed by atoms with E-state index in [1.54, 1.807) is 30.3 Å². The number of rotatable bonds is 3. The van der Waals surface area contributed by atoms with Crippen molar-refractivity contribution in [2.75, 3.05) is 0 Å². The molecule has 0 aliphatic carbocycles. The monoisotopic (exact) mass is 405 g/mol. The molecule has 0 spiro atoms. The van der Waals surface area contributed by atoms with Crippen LogP contribution < -0.4 is 0 Å². The molecule has 0 radical (unpaired) electrons. The van der Waals surface area contributed by atoms with Crippen molar-refractivity contribution >= 4 is 28.4 Å².